The smallest absolute Gasteiger partial charge is 0.407 e. The van der Waals surface area contributed by atoms with E-state index in [1.165, 1.54) is 0 Å². The van der Waals surface area contributed by atoms with Gasteiger partial charge in [0.05, 0.1) is 24.5 Å². The van der Waals surface area contributed by atoms with Crippen LogP contribution >= 0.6 is 0 Å². The molecule has 2 heterocycles. The van der Waals surface area contributed by atoms with Crippen molar-refractivity contribution in [2.75, 3.05) is 6.61 Å². The van der Waals surface area contributed by atoms with Crippen LogP contribution in [0.3, 0.4) is 0 Å². The normalized spacial score (nSPS) is 11.4. The highest BCUT2D eigenvalue weighted by molar-refractivity contribution is 5.89. The summed E-state index contributed by atoms with van der Waals surface area (Å²) < 4.78 is 11.9. The van der Waals surface area contributed by atoms with Gasteiger partial charge in [0, 0.05) is 6.20 Å². The Morgan fingerprint density at radius 3 is 2.56 bits per heavy atom. The van der Waals surface area contributed by atoms with Crippen LogP contribution in [-0.2, 0) is 22.4 Å². The van der Waals surface area contributed by atoms with Crippen LogP contribution in [0.5, 0.6) is 0 Å². The lowest BCUT2D eigenvalue weighted by Crippen LogP contribution is -2.32. The van der Waals surface area contributed by atoms with Gasteiger partial charge in [-0.15, -0.1) is 0 Å². The lowest BCUT2D eigenvalue weighted by Gasteiger charge is -2.19. The molecule has 2 aromatic heterocycles. The number of esters is 1. The zero-order valence-electron chi connectivity index (χ0n) is 15.3. The Morgan fingerprint density at radius 1 is 1.24 bits per heavy atom. The SMILES string of the molecule is CCOC(=O)c1c(CC)nc2nc(CNC(=O)OC(C)(C)C)ccn12. The van der Waals surface area contributed by atoms with Crippen LogP contribution in [0.1, 0.15) is 56.5 Å². The number of carbonyl (C=O) groups excluding carboxylic acids is 2. The molecular weight excluding hydrogens is 324 g/mol. The number of aromatic nitrogens is 3. The first kappa shape index (κ1) is 18.7. The molecule has 8 nitrogen and oxygen atoms in total. The number of nitrogens with one attached hydrogen (secondary N) is 1. The number of imidazole rings is 1. The van der Waals surface area contributed by atoms with E-state index in [2.05, 4.69) is 15.3 Å². The Kier molecular flexibility index (Phi) is 5.61. The van der Waals surface area contributed by atoms with Crippen molar-refractivity contribution in [1.29, 1.82) is 0 Å². The quantitative estimate of drug-likeness (QED) is 0.834. The third-order valence-electron chi connectivity index (χ3n) is 3.24. The van der Waals surface area contributed by atoms with Crippen molar-refractivity contribution in [3.63, 3.8) is 0 Å². The summed E-state index contributed by atoms with van der Waals surface area (Å²) in [5.41, 5.74) is 1.07. The average molecular weight is 348 g/mol. The molecule has 0 bridgehead atoms. The average Bonchev–Trinajstić information content (AvgIpc) is 2.89. The molecule has 1 amide bonds. The van der Waals surface area contributed by atoms with Crippen molar-refractivity contribution in [2.24, 2.45) is 0 Å². The number of ether oxygens (including phenoxy) is 2. The van der Waals surface area contributed by atoms with Crippen LogP contribution in [0.25, 0.3) is 5.78 Å². The van der Waals surface area contributed by atoms with E-state index < -0.39 is 17.7 Å². The molecule has 136 valence electrons. The Balaban J connectivity index is 2.20. The van der Waals surface area contributed by atoms with Crippen LogP contribution in [0, 0.1) is 0 Å². The second-order valence-corrected chi connectivity index (χ2v) is 6.43. The van der Waals surface area contributed by atoms with Crippen LogP contribution < -0.4 is 5.32 Å². The number of hydrogen-bond donors (Lipinski definition) is 1. The van der Waals surface area contributed by atoms with Crippen molar-refractivity contribution < 1.29 is 19.1 Å². The highest BCUT2D eigenvalue weighted by Gasteiger charge is 2.20. The van der Waals surface area contributed by atoms with Crippen molar-refractivity contribution in [2.45, 2.75) is 53.2 Å². The zero-order chi connectivity index (χ0) is 18.6. The second-order valence-electron chi connectivity index (χ2n) is 6.43. The summed E-state index contributed by atoms with van der Waals surface area (Å²) in [4.78, 5) is 32.6. The molecule has 0 fully saturated rings. The van der Waals surface area contributed by atoms with Crippen LogP contribution in [0.4, 0.5) is 4.79 Å². The molecular formula is C17H24N4O4. The van der Waals surface area contributed by atoms with Gasteiger partial charge >= 0.3 is 12.1 Å². The minimum atomic E-state index is -0.560. The van der Waals surface area contributed by atoms with Crippen molar-refractivity contribution in [3.05, 3.63) is 29.3 Å². The predicted octanol–water partition coefficient (Wildman–Crippen LogP) is 2.49. The van der Waals surface area contributed by atoms with Gasteiger partial charge in [-0.2, -0.15) is 0 Å². The zero-order valence-corrected chi connectivity index (χ0v) is 15.3. The topological polar surface area (TPSA) is 94.8 Å². The molecule has 8 heteroatoms. The summed E-state index contributed by atoms with van der Waals surface area (Å²) in [6, 6.07) is 1.72. The number of carbonyl (C=O) groups is 2. The Labute approximate surface area is 146 Å². The van der Waals surface area contributed by atoms with E-state index in [0.29, 0.717) is 35.9 Å². The van der Waals surface area contributed by atoms with Gasteiger partial charge < -0.3 is 14.8 Å². The van der Waals surface area contributed by atoms with Crippen molar-refractivity contribution in [3.8, 4) is 0 Å². The Bertz CT molecular complexity index is 777. The molecule has 0 aliphatic heterocycles. The summed E-state index contributed by atoms with van der Waals surface area (Å²) in [5.74, 6) is -0.0309. The third-order valence-corrected chi connectivity index (χ3v) is 3.24. The van der Waals surface area contributed by atoms with E-state index in [9.17, 15) is 9.59 Å². The fraction of sp³-hybridized carbons (Fsp3) is 0.529. The third kappa shape index (κ3) is 4.68. The fourth-order valence-electron chi connectivity index (χ4n) is 2.25. The van der Waals surface area contributed by atoms with Crippen LogP contribution in [0.2, 0.25) is 0 Å². The van der Waals surface area contributed by atoms with E-state index in [0.717, 1.165) is 0 Å². The molecule has 2 rings (SSSR count). The first-order valence-corrected chi connectivity index (χ1v) is 8.26. The summed E-state index contributed by atoms with van der Waals surface area (Å²) in [7, 11) is 0. The molecule has 0 aliphatic rings. The molecule has 25 heavy (non-hydrogen) atoms. The highest BCUT2D eigenvalue weighted by atomic mass is 16.6. The monoisotopic (exact) mass is 348 g/mol. The molecule has 0 spiro atoms. The predicted molar refractivity (Wildman–Crippen MR) is 91.4 cm³/mol. The lowest BCUT2D eigenvalue weighted by atomic mass is 10.2. The Morgan fingerprint density at radius 2 is 1.96 bits per heavy atom. The van der Waals surface area contributed by atoms with E-state index in [-0.39, 0.29) is 6.54 Å². The van der Waals surface area contributed by atoms with Gasteiger partial charge in [0.1, 0.15) is 5.60 Å². The number of aryl methyl sites for hydroxylation is 1. The largest absolute Gasteiger partial charge is 0.461 e. The van der Waals surface area contributed by atoms with Crippen molar-refractivity contribution in [1.82, 2.24) is 19.7 Å². The number of rotatable bonds is 5. The standard InChI is InChI=1S/C17H24N4O4/c1-6-12-13(14(22)24-7-2)21-9-8-11(19-15(21)20-12)10-18-16(23)25-17(3,4)5/h8-9H,6-7,10H2,1-5H3,(H,18,23). The number of amides is 1. The van der Waals surface area contributed by atoms with E-state index in [4.69, 9.17) is 9.47 Å². The Hall–Kier alpha value is -2.64. The number of alkyl carbamates (subject to hydrolysis) is 1. The molecule has 0 radical (unpaired) electrons. The second kappa shape index (κ2) is 7.50. The molecule has 1 N–H and O–H groups in total. The molecule has 0 saturated heterocycles. The highest BCUT2D eigenvalue weighted by Crippen LogP contribution is 2.14. The molecule has 0 aromatic carbocycles. The first-order valence-electron chi connectivity index (χ1n) is 8.26. The molecule has 2 aromatic rings. The minimum absolute atomic E-state index is 0.203. The van der Waals surface area contributed by atoms with E-state index >= 15 is 0 Å². The summed E-state index contributed by atoms with van der Waals surface area (Å²) in [5, 5.41) is 2.65. The molecule has 0 unspecified atom stereocenters. The van der Waals surface area contributed by atoms with Gasteiger partial charge in [0.2, 0.25) is 5.78 Å². The van der Waals surface area contributed by atoms with Crippen molar-refractivity contribution >= 4 is 17.8 Å². The van der Waals surface area contributed by atoms with Gasteiger partial charge in [-0.25, -0.2) is 19.6 Å². The summed E-state index contributed by atoms with van der Waals surface area (Å²) in [6.07, 6.45) is 1.77. The summed E-state index contributed by atoms with van der Waals surface area (Å²) >= 11 is 0. The van der Waals surface area contributed by atoms with Gasteiger partial charge in [0.15, 0.2) is 5.69 Å². The van der Waals surface area contributed by atoms with Gasteiger partial charge in [-0.1, -0.05) is 6.92 Å². The van der Waals surface area contributed by atoms with E-state index in [1.807, 2.05) is 6.92 Å². The first-order chi connectivity index (χ1) is 11.7. The van der Waals surface area contributed by atoms with E-state index in [1.54, 1.807) is 44.4 Å². The number of hydrogen-bond acceptors (Lipinski definition) is 6. The van der Waals surface area contributed by atoms with Gasteiger partial charge in [0.25, 0.3) is 0 Å². The van der Waals surface area contributed by atoms with Crippen LogP contribution in [-0.4, -0.2) is 38.6 Å². The van der Waals surface area contributed by atoms with Crippen LogP contribution in [0.15, 0.2) is 12.3 Å². The maximum Gasteiger partial charge on any atom is 0.407 e. The fourth-order valence-corrected chi connectivity index (χ4v) is 2.25. The molecule has 0 aliphatic carbocycles. The molecule has 0 atom stereocenters. The number of fused-ring (bicyclic) bond motifs is 1. The van der Waals surface area contributed by atoms with Gasteiger partial charge in [-0.3, -0.25) is 4.40 Å². The maximum atomic E-state index is 12.1. The van der Waals surface area contributed by atoms with Gasteiger partial charge in [-0.05, 0) is 40.2 Å². The number of nitrogens with zero attached hydrogens (tertiary/aromatic N) is 3. The molecule has 0 saturated carbocycles. The minimum Gasteiger partial charge on any atom is -0.461 e. The maximum absolute atomic E-state index is 12.1. The lowest BCUT2D eigenvalue weighted by molar-refractivity contribution is 0.0509. The summed E-state index contributed by atoms with van der Waals surface area (Å²) in [6.45, 7) is 9.55.